The molecule has 0 aliphatic heterocycles. The van der Waals surface area contributed by atoms with Gasteiger partial charge in [0.15, 0.2) is 0 Å². The molecule has 0 aliphatic rings. The van der Waals surface area contributed by atoms with Gasteiger partial charge in [-0.05, 0) is 47.4 Å². The molecule has 0 saturated heterocycles. The Morgan fingerprint density at radius 2 is 2.28 bits per heavy atom. The number of thiophene rings is 1. The molecule has 1 atom stereocenters. The predicted octanol–water partition coefficient (Wildman–Crippen LogP) is 3.03. The zero-order valence-corrected chi connectivity index (χ0v) is 10.8. The summed E-state index contributed by atoms with van der Waals surface area (Å²) < 4.78 is 1.87. The standard InChI is InChI=1S/C14H15N3S/c15-13(5-4-11-6-8-18-10-11)12-9-16-17-7-2-1-3-14(12)17/h1-3,6-10,13H,4-5,15H2. The average molecular weight is 257 g/mol. The highest BCUT2D eigenvalue weighted by atomic mass is 32.1. The summed E-state index contributed by atoms with van der Waals surface area (Å²) in [6.07, 6.45) is 5.81. The number of aromatic nitrogens is 2. The maximum absolute atomic E-state index is 6.27. The van der Waals surface area contributed by atoms with Gasteiger partial charge < -0.3 is 5.73 Å². The maximum atomic E-state index is 6.27. The van der Waals surface area contributed by atoms with Gasteiger partial charge in [-0.15, -0.1) is 0 Å². The Balaban J connectivity index is 1.77. The quantitative estimate of drug-likeness (QED) is 0.780. The molecule has 0 fully saturated rings. The number of hydrogen-bond acceptors (Lipinski definition) is 3. The Kier molecular flexibility index (Phi) is 3.13. The van der Waals surface area contributed by atoms with Crippen LogP contribution in [-0.4, -0.2) is 9.61 Å². The first-order chi connectivity index (χ1) is 8.84. The molecule has 2 N–H and O–H groups in total. The van der Waals surface area contributed by atoms with Crippen LogP contribution in [0.1, 0.15) is 23.6 Å². The number of aryl methyl sites for hydroxylation is 1. The maximum Gasteiger partial charge on any atom is 0.0709 e. The number of rotatable bonds is 4. The highest BCUT2D eigenvalue weighted by Gasteiger charge is 2.12. The zero-order chi connectivity index (χ0) is 12.4. The summed E-state index contributed by atoms with van der Waals surface area (Å²) in [5.41, 5.74) is 9.88. The Labute approximate surface area is 110 Å². The van der Waals surface area contributed by atoms with E-state index in [0.717, 1.165) is 23.9 Å². The molecule has 0 saturated carbocycles. The fourth-order valence-electron chi connectivity index (χ4n) is 2.15. The molecular formula is C14H15N3S. The second kappa shape index (κ2) is 4.92. The molecule has 1 unspecified atom stereocenters. The Morgan fingerprint density at radius 1 is 1.33 bits per heavy atom. The van der Waals surface area contributed by atoms with E-state index in [4.69, 9.17) is 5.73 Å². The lowest BCUT2D eigenvalue weighted by molar-refractivity contribution is 0.656. The van der Waals surface area contributed by atoms with Gasteiger partial charge >= 0.3 is 0 Å². The normalized spacial score (nSPS) is 12.9. The van der Waals surface area contributed by atoms with Gasteiger partial charge in [0.05, 0.1) is 11.7 Å². The SMILES string of the molecule is NC(CCc1ccsc1)c1cnn2ccccc12. The van der Waals surface area contributed by atoms with Gasteiger partial charge in [0.2, 0.25) is 0 Å². The number of nitrogens with two attached hydrogens (primary N) is 1. The van der Waals surface area contributed by atoms with Gasteiger partial charge in [-0.3, -0.25) is 0 Å². The van der Waals surface area contributed by atoms with Crippen LogP contribution in [0.3, 0.4) is 0 Å². The Bertz CT molecular complexity index is 627. The average Bonchev–Trinajstić information content (AvgIpc) is 3.05. The Hall–Kier alpha value is -1.65. The zero-order valence-electron chi connectivity index (χ0n) is 9.99. The van der Waals surface area contributed by atoms with Crippen LogP contribution in [-0.2, 0) is 6.42 Å². The van der Waals surface area contributed by atoms with Crippen LogP contribution in [0.5, 0.6) is 0 Å². The summed E-state index contributed by atoms with van der Waals surface area (Å²) in [4.78, 5) is 0. The second-order valence-corrected chi connectivity index (χ2v) is 5.19. The summed E-state index contributed by atoms with van der Waals surface area (Å²) in [6.45, 7) is 0. The van der Waals surface area contributed by atoms with Gasteiger partial charge in [-0.25, -0.2) is 4.52 Å². The predicted molar refractivity (Wildman–Crippen MR) is 74.8 cm³/mol. The molecule has 92 valence electrons. The number of nitrogens with zero attached hydrogens (tertiary/aromatic N) is 2. The second-order valence-electron chi connectivity index (χ2n) is 4.41. The van der Waals surface area contributed by atoms with Crippen molar-refractivity contribution in [1.29, 1.82) is 0 Å². The van der Waals surface area contributed by atoms with E-state index in [1.165, 1.54) is 5.56 Å². The fourth-order valence-corrected chi connectivity index (χ4v) is 2.86. The van der Waals surface area contributed by atoms with E-state index in [0.29, 0.717) is 0 Å². The molecule has 0 aromatic carbocycles. The molecule has 4 heteroatoms. The molecule has 3 heterocycles. The summed E-state index contributed by atoms with van der Waals surface area (Å²) in [7, 11) is 0. The first kappa shape index (κ1) is 11.4. The highest BCUT2D eigenvalue weighted by Crippen LogP contribution is 2.21. The van der Waals surface area contributed by atoms with Crippen molar-refractivity contribution in [3.8, 4) is 0 Å². The van der Waals surface area contributed by atoms with Crippen LogP contribution in [0.25, 0.3) is 5.52 Å². The third-order valence-corrected chi connectivity index (χ3v) is 3.91. The van der Waals surface area contributed by atoms with E-state index in [-0.39, 0.29) is 6.04 Å². The van der Waals surface area contributed by atoms with Crippen molar-refractivity contribution >= 4 is 16.9 Å². The topological polar surface area (TPSA) is 43.3 Å². The van der Waals surface area contributed by atoms with E-state index in [9.17, 15) is 0 Å². The lowest BCUT2D eigenvalue weighted by Crippen LogP contribution is -2.10. The van der Waals surface area contributed by atoms with Crippen molar-refractivity contribution < 1.29 is 0 Å². The van der Waals surface area contributed by atoms with Gasteiger partial charge in [0.25, 0.3) is 0 Å². The number of pyridine rings is 1. The van der Waals surface area contributed by atoms with Crippen molar-refractivity contribution in [3.63, 3.8) is 0 Å². The van der Waals surface area contributed by atoms with Gasteiger partial charge in [-0.2, -0.15) is 16.4 Å². The van der Waals surface area contributed by atoms with E-state index in [1.807, 2.05) is 29.0 Å². The molecule has 0 radical (unpaired) electrons. The van der Waals surface area contributed by atoms with E-state index >= 15 is 0 Å². The molecule has 0 spiro atoms. The van der Waals surface area contributed by atoms with Crippen LogP contribution >= 0.6 is 11.3 Å². The fraction of sp³-hybridized carbons (Fsp3) is 0.214. The largest absolute Gasteiger partial charge is 0.324 e. The molecule has 18 heavy (non-hydrogen) atoms. The molecular weight excluding hydrogens is 242 g/mol. The summed E-state index contributed by atoms with van der Waals surface area (Å²) in [5.74, 6) is 0. The number of hydrogen-bond donors (Lipinski definition) is 1. The summed E-state index contributed by atoms with van der Waals surface area (Å²) in [6, 6.07) is 8.26. The van der Waals surface area contributed by atoms with Crippen molar-refractivity contribution in [2.24, 2.45) is 5.73 Å². The van der Waals surface area contributed by atoms with Crippen molar-refractivity contribution in [3.05, 3.63) is 58.5 Å². The van der Waals surface area contributed by atoms with E-state index in [1.54, 1.807) is 11.3 Å². The smallest absolute Gasteiger partial charge is 0.0709 e. The minimum atomic E-state index is 0.0461. The molecule has 0 amide bonds. The lowest BCUT2D eigenvalue weighted by atomic mass is 10.0. The number of fused-ring (bicyclic) bond motifs is 1. The molecule has 3 aromatic heterocycles. The molecule has 0 aliphatic carbocycles. The molecule has 0 bridgehead atoms. The van der Waals surface area contributed by atoms with Crippen molar-refractivity contribution in [2.45, 2.75) is 18.9 Å². The van der Waals surface area contributed by atoms with E-state index < -0.39 is 0 Å². The van der Waals surface area contributed by atoms with Crippen LogP contribution in [0.2, 0.25) is 0 Å². The molecule has 3 aromatic rings. The van der Waals surface area contributed by atoms with Crippen molar-refractivity contribution in [1.82, 2.24) is 9.61 Å². The highest BCUT2D eigenvalue weighted by molar-refractivity contribution is 7.07. The van der Waals surface area contributed by atoms with Gasteiger partial charge in [0, 0.05) is 17.8 Å². The van der Waals surface area contributed by atoms with Crippen molar-refractivity contribution in [2.75, 3.05) is 0 Å². The molecule has 3 nitrogen and oxygen atoms in total. The summed E-state index contributed by atoms with van der Waals surface area (Å²) in [5, 5.41) is 8.61. The first-order valence-electron chi connectivity index (χ1n) is 6.03. The van der Waals surface area contributed by atoms with E-state index in [2.05, 4.69) is 28.0 Å². The van der Waals surface area contributed by atoms with Crippen LogP contribution in [0.15, 0.2) is 47.4 Å². The summed E-state index contributed by atoms with van der Waals surface area (Å²) >= 11 is 1.73. The van der Waals surface area contributed by atoms with Gasteiger partial charge in [-0.1, -0.05) is 6.07 Å². The minimum absolute atomic E-state index is 0.0461. The minimum Gasteiger partial charge on any atom is -0.324 e. The third kappa shape index (κ3) is 2.17. The van der Waals surface area contributed by atoms with Gasteiger partial charge in [0.1, 0.15) is 0 Å². The lowest BCUT2D eigenvalue weighted by Gasteiger charge is -2.09. The Morgan fingerprint density at radius 3 is 3.11 bits per heavy atom. The van der Waals surface area contributed by atoms with Crippen LogP contribution < -0.4 is 5.73 Å². The monoisotopic (exact) mass is 257 g/mol. The molecule has 3 rings (SSSR count). The third-order valence-electron chi connectivity index (χ3n) is 3.18. The van der Waals surface area contributed by atoms with Crippen LogP contribution in [0, 0.1) is 0 Å². The first-order valence-corrected chi connectivity index (χ1v) is 6.98. The van der Waals surface area contributed by atoms with Crippen LogP contribution in [0.4, 0.5) is 0 Å².